The van der Waals surface area contributed by atoms with Crippen LogP contribution < -0.4 is 0 Å². The molecule has 0 aromatic heterocycles. The summed E-state index contributed by atoms with van der Waals surface area (Å²) in [6.45, 7) is 0. The zero-order valence-corrected chi connectivity index (χ0v) is 8.22. The molecule has 0 saturated heterocycles. The summed E-state index contributed by atoms with van der Waals surface area (Å²) < 4.78 is 0.621. The smallest absolute Gasteiger partial charge is 0.0714 e. The van der Waals surface area contributed by atoms with Crippen LogP contribution in [0.25, 0.3) is 0 Å². The van der Waals surface area contributed by atoms with Crippen molar-refractivity contribution in [3.8, 4) is 0 Å². The zero-order chi connectivity index (χ0) is 8.23. The Labute approximate surface area is 79.7 Å². The molecular formula is C10H10S2. The van der Waals surface area contributed by atoms with Gasteiger partial charge in [0.05, 0.1) is 4.58 Å². The van der Waals surface area contributed by atoms with Gasteiger partial charge in [-0.25, -0.2) is 0 Å². The lowest BCUT2D eigenvalue weighted by molar-refractivity contribution is 1.63. The first-order valence-electron chi connectivity index (χ1n) is 3.85. The molecule has 0 amide bonds. The molecule has 0 saturated carbocycles. The first-order chi connectivity index (χ1) is 5.97. The Morgan fingerprint density at radius 1 is 1.00 bits per heavy atom. The molecule has 2 aliphatic heterocycles. The van der Waals surface area contributed by atoms with Crippen LogP contribution in [0.5, 0.6) is 0 Å². The Kier molecular flexibility index (Phi) is 2.69. The summed E-state index contributed by atoms with van der Waals surface area (Å²) >= 11 is 1.90. The first kappa shape index (κ1) is 8.14. The fourth-order valence-electron chi connectivity index (χ4n) is 1.06. The molecule has 0 aliphatic carbocycles. The molecule has 12 heavy (non-hydrogen) atoms. The molecule has 0 aromatic carbocycles. The van der Waals surface area contributed by atoms with Crippen LogP contribution in [0.3, 0.4) is 0 Å². The molecule has 0 fully saturated rings. The molecular weight excluding hydrogens is 184 g/mol. The van der Waals surface area contributed by atoms with Crippen LogP contribution in [0.15, 0.2) is 47.3 Å². The van der Waals surface area contributed by atoms with Crippen LogP contribution in [0.1, 0.15) is 0 Å². The van der Waals surface area contributed by atoms with Gasteiger partial charge >= 0.3 is 0 Å². The summed E-state index contributed by atoms with van der Waals surface area (Å²) in [4.78, 5) is 0. The lowest BCUT2D eigenvalue weighted by Gasteiger charge is -2.15. The van der Waals surface area contributed by atoms with Crippen LogP contribution >= 0.6 is 22.2 Å². The van der Waals surface area contributed by atoms with Crippen LogP contribution in [0, 0.1) is 0 Å². The van der Waals surface area contributed by atoms with E-state index in [-0.39, 0.29) is 0 Å². The third-order valence-electron chi connectivity index (χ3n) is 1.63. The Balaban J connectivity index is 2.15. The summed E-state index contributed by atoms with van der Waals surface area (Å²) in [5.74, 6) is 0. The number of allylic oxidation sites excluding steroid dienone is 5. The maximum Gasteiger partial charge on any atom is 0.0714 e. The van der Waals surface area contributed by atoms with Gasteiger partial charge in [-0.05, 0) is 16.2 Å². The highest BCUT2D eigenvalue weighted by Gasteiger charge is 2.07. The van der Waals surface area contributed by atoms with Gasteiger partial charge in [-0.1, -0.05) is 36.5 Å². The van der Waals surface area contributed by atoms with Crippen molar-refractivity contribution in [2.45, 2.75) is 4.58 Å². The van der Waals surface area contributed by atoms with Gasteiger partial charge in [0.15, 0.2) is 0 Å². The predicted molar refractivity (Wildman–Crippen MR) is 61.6 cm³/mol. The van der Waals surface area contributed by atoms with Crippen LogP contribution in [-0.4, -0.2) is 9.95 Å². The number of thioether (sulfide) groups is 1. The standard InChI is InChI=1S/C10H10S2/c1-4-8-12(9-5-1)10-6-2-3-7-11-10/h1-10H/t10-/m1/s1. The lowest BCUT2D eigenvalue weighted by atomic mass is 10.5. The first-order valence-corrected chi connectivity index (χ1v) is 6.20. The summed E-state index contributed by atoms with van der Waals surface area (Å²) in [6, 6.07) is 0. The van der Waals surface area contributed by atoms with Crippen molar-refractivity contribution in [3.05, 3.63) is 47.3 Å². The molecule has 0 nitrogen and oxygen atoms in total. The van der Waals surface area contributed by atoms with E-state index in [4.69, 9.17) is 0 Å². The molecule has 1 unspecified atom stereocenters. The fraction of sp³-hybridized carbons (Fsp3) is 0.100. The van der Waals surface area contributed by atoms with E-state index in [9.17, 15) is 0 Å². The van der Waals surface area contributed by atoms with Crippen molar-refractivity contribution >= 4 is 27.6 Å². The number of hydrogen-bond donors (Lipinski definition) is 0. The van der Waals surface area contributed by atoms with Crippen molar-refractivity contribution in [2.24, 2.45) is 0 Å². The van der Waals surface area contributed by atoms with E-state index in [2.05, 4.69) is 52.6 Å². The normalized spacial score (nSPS) is 32.0. The maximum absolute atomic E-state index is 2.28. The number of rotatable bonds is 1. The second-order valence-electron chi connectivity index (χ2n) is 2.48. The van der Waals surface area contributed by atoms with E-state index in [1.807, 2.05) is 11.8 Å². The molecule has 62 valence electrons. The van der Waals surface area contributed by atoms with E-state index in [1.165, 1.54) is 0 Å². The van der Waals surface area contributed by atoms with Gasteiger partial charge in [-0.2, -0.15) is 0 Å². The van der Waals surface area contributed by atoms with Gasteiger partial charge in [0.2, 0.25) is 0 Å². The Morgan fingerprint density at radius 2 is 2.00 bits per heavy atom. The second-order valence-corrected chi connectivity index (χ2v) is 5.69. The summed E-state index contributed by atoms with van der Waals surface area (Å²) in [6.07, 6.45) is 12.8. The molecule has 0 bridgehead atoms. The van der Waals surface area contributed by atoms with Gasteiger partial charge in [-0.3, -0.25) is 0 Å². The second kappa shape index (κ2) is 3.97. The minimum Gasteiger partial charge on any atom is -0.144 e. The number of hydrogen-bond acceptors (Lipinski definition) is 1. The molecule has 0 radical (unpaired) electrons. The fourth-order valence-corrected chi connectivity index (χ4v) is 3.89. The van der Waals surface area contributed by atoms with Crippen molar-refractivity contribution < 1.29 is 0 Å². The largest absolute Gasteiger partial charge is 0.144 e. The molecule has 2 atom stereocenters. The Bertz CT molecular complexity index is 306. The van der Waals surface area contributed by atoms with Gasteiger partial charge in [0.1, 0.15) is 0 Å². The van der Waals surface area contributed by atoms with Crippen LogP contribution in [0.4, 0.5) is 0 Å². The topological polar surface area (TPSA) is 0 Å². The van der Waals surface area contributed by atoms with Crippen molar-refractivity contribution in [1.82, 2.24) is 0 Å². The SMILES string of the molecule is C1=CC=S([C@@H]2C=CC=CS2)C=C1. The van der Waals surface area contributed by atoms with Crippen molar-refractivity contribution in [3.63, 3.8) is 0 Å². The van der Waals surface area contributed by atoms with E-state index in [0.717, 1.165) is 0 Å². The minimum absolute atomic E-state index is 0.301. The Hall–Kier alpha value is -0.470. The summed E-state index contributed by atoms with van der Waals surface area (Å²) in [5.41, 5.74) is 0. The van der Waals surface area contributed by atoms with E-state index >= 15 is 0 Å². The van der Waals surface area contributed by atoms with Crippen LogP contribution in [0.2, 0.25) is 0 Å². The third-order valence-corrected chi connectivity index (χ3v) is 5.01. The van der Waals surface area contributed by atoms with Gasteiger partial charge in [-0.15, -0.1) is 22.2 Å². The minimum atomic E-state index is 0.301. The molecule has 0 spiro atoms. The molecule has 2 heterocycles. The average molecular weight is 194 g/mol. The maximum atomic E-state index is 2.28. The zero-order valence-electron chi connectivity index (χ0n) is 6.59. The average Bonchev–Trinajstić information content (AvgIpc) is 2.21. The predicted octanol–water partition coefficient (Wildman–Crippen LogP) is 3.28. The molecule has 2 heteroatoms. The molecule has 0 aromatic rings. The summed E-state index contributed by atoms with van der Waals surface area (Å²) in [5, 5.41) is 6.72. The third kappa shape index (κ3) is 1.82. The van der Waals surface area contributed by atoms with Crippen molar-refractivity contribution in [2.75, 3.05) is 0 Å². The van der Waals surface area contributed by atoms with Gasteiger partial charge in [0.25, 0.3) is 0 Å². The highest BCUT2D eigenvalue weighted by atomic mass is 32.2. The van der Waals surface area contributed by atoms with E-state index < -0.39 is 0 Å². The molecule has 0 N–H and O–H groups in total. The van der Waals surface area contributed by atoms with E-state index in [1.54, 1.807) is 0 Å². The van der Waals surface area contributed by atoms with Gasteiger partial charge in [0, 0.05) is 0 Å². The van der Waals surface area contributed by atoms with Crippen molar-refractivity contribution in [1.29, 1.82) is 0 Å². The molecule has 2 rings (SSSR count). The lowest BCUT2D eigenvalue weighted by Crippen LogP contribution is -1.95. The summed E-state index contributed by atoms with van der Waals surface area (Å²) in [7, 11) is 0.301. The monoisotopic (exact) mass is 194 g/mol. The highest BCUT2D eigenvalue weighted by Crippen LogP contribution is 2.35. The highest BCUT2D eigenvalue weighted by molar-refractivity contribution is 8.28. The quantitative estimate of drug-likeness (QED) is 0.577. The van der Waals surface area contributed by atoms with Crippen LogP contribution in [-0.2, 0) is 0 Å². The van der Waals surface area contributed by atoms with E-state index in [0.29, 0.717) is 15.1 Å². The van der Waals surface area contributed by atoms with Gasteiger partial charge < -0.3 is 0 Å². The molecule has 2 aliphatic rings. The Morgan fingerprint density at radius 3 is 2.67 bits per heavy atom.